The van der Waals surface area contributed by atoms with E-state index < -0.39 is 10.0 Å². The van der Waals surface area contributed by atoms with Crippen LogP contribution in [0.4, 0.5) is 0 Å². The molecule has 1 heterocycles. The highest BCUT2D eigenvalue weighted by Gasteiger charge is 2.28. The van der Waals surface area contributed by atoms with Gasteiger partial charge in [0.15, 0.2) is 0 Å². The van der Waals surface area contributed by atoms with Crippen molar-refractivity contribution >= 4 is 15.9 Å². The van der Waals surface area contributed by atoms with Crippen LogP contribution in [0.5, 0.6) is 0 Å². The van der Waals surface area contributed by atoms with E-state index in [2.05, 4.69) is 5.32 Å². The van der Waals surface area contributed by atoms with E-state index in [1.807, 2.05) is 61.5 Å². The van der Waals surface area contributed by atoms with E-state index in [0.29, 0.717) is 18.7 Å². The van der Waals surface area contributed by atoms with Crippen molar-refractivity contribution in [1.29, 1.82) is 0 Å². The lowest BCUT2D eigenvalue weighted by Crippen LogP contribution is -2.30. The molecule has 3 aromatic carbocycles. The fraction of sp³-hybridized carbons (Fsp3) is 0.240. The first kappa shape index (κ1) is 21.3. The molecule has 5 nitrogen and oxygen atoms in total. The van der Waals surface area contributed by atoms with Crippen LogP contribution in [0.15, 0.2) is 83.8 Å². The molecule has 1 fully saturated rings. The smallest absolute Gasteiger partial charge is 0.252 e. The number of carbonyl (C=O) groups excluding carboxylic acids is 1. The summed E-state index contributed by atoms with van der Waals surface area (Å²) in [6.45, 7) is 3.08. The first-order valence-electron chi connectivity index (χ1n) is 10.5. The summed E-state index contributed by atoms with van der Waals surface area (Å²) in [5.41, 5.74) is 3.39. The van der Waals surface area contributed by atoms with Gasteiger partial charge in [0.2, 0.25) is 10.0 Å². The lowest BCUT2D eigenvalue weighted by atomic mass is 9.97. The number of aryl methyl sites for hydroxylation is 1. The van der Waals surface area contributed by atoms with Gasteiger partial charge in [0.05, 0.1) is 10.9 Å². The molecule has 1 aliphatic heterocycles. The molecule has 0 aromatic heterocycles. The molecule has 1 amide bonds. The molecule has 6 heteroatoms. The molecule has 1 unspecified atom stereocenters. The summed E-state index contributed by atoms with van der Waals surface area (Å²) in [6.07, 6.45) is 1.74. The normalized spacial score (nSPS) is 15.5. The Kier molecular flexibility index (Phi) is 6.20. The van der Waals surface area contributed by atoms with Crippen molar-refractivity contribution < 1.29 is 13.2 Å². The number of rotatable bonds is 6. The lowest BCUT2D eigenvalue weighted by Gasteiger charge is -2.21. The molecule has 1 saturated heterocycles. The van der Waals surface area contributed by atoms with Crippen LogP contribution in [0.3, 0.4) is 0 Å². The molecule has 0 bridgehead atoms. The molecule has 1 atom stereocenters. The highest BCUT2D eigenvalue weighted by Crippen LogP contribution is 2.25. The van der Waals surface area contributed by atoms with Gasteiger partial charge in [0, 0.05) is 18.7 Å². The maximum absolute atomic E-state index is 13.1. The number of nitrogens with one attached hydrogen (secondary N) is 1. The van der Waals surface area contributed by atoms with Crippen LogP contribution in [0.2, 0.25) is 0 Å². The van der Waals surface area contributed by atoms with Gasteiger partial charge in [-0.05, 0) is 49.1 Å². The van der Waals surface area contributed by atoms with Crippen molar-refractivity contribution in [3.63, 3.8) is 0 Å². The summed E-state index contributed by atoms with van der Waals surface area (Å²) in [5, 5.41) is 3.09. The second kappa shape index (κ2) is 9.04. The van der Waals surface area contributed by atoms with Crippen molar-refractivity contribution in [3.8, 4) is 0 Å². The van der Waals surface area contributed by atoms with E-state index in [1.165, 1.54) is 10.4 Å². The Morgan fingerprint density at radius 2 is 1.52 bits per heavy atom. The molecule has 1 N–H and O–H groups in total. The number of hydrogen-bond donors (Lipinski definition) is 1. The molecule has 160 valence electrons. The van der Waals surface area contributed by atoms with Gasteiger partial charge in [-0.25, -0.2) is 8.42 Å². The predicted octanol–water partition coefficient (Wildman–Crippen LogP) is 4.30. The van der Waals surface area contributed by atoms with E-state index in [1.54, 1.807) is 18.2 Å². The Morgan fingerprint density at radius 1 is 0.871 bits per heavy atom. The third-order valence-electron chi connectivity index (χ3n) is 5.62. The zero-order chi connectivity index (χ0) is 21.8. The Hall–Kier alpha value is -2.96. The minimum absolute atomic E-state index is 0.161. The Labute approximate surface area is 183 Å². The minimum atomic E-state index is -3.58. The molecule has 0 saturated carbocycles. The van der Waals surface area contributed by atoms with Gasteiger partial charge in [-0.1, -0.05) is 66.2 Å². The molecule has 0 radical (unpaired) electrons. The predicted molar refractivity (Wildman–Crippen MR) is 121 cm³/mol. The summed E-state index contributed by atoms with van der Waals surface area (Å²) in [7, 11) is -3.58. The lowest BCUT2D eigenvalue weighted by molar-refractivity contribution is 0.0942. The van der Waals surface area contributed by atoms with Gasteiger partial charge < -0.3 is 5.32 Å². The summed E-state index contributed by atoms with van der Waals surface area (Å²) in [6, 6.07) is 23.7. The SMILES string of the molecule is Cc1ccc(C(NC(=O)c2cccc(S(=O)(=O)N3CCCC3)c2)c2ccccc2)cc1. The third kappa shape index (κ3) is 4.70. The third-order valence-corrected chi connectivity index (χ3v) is 7.51. The zero-order valence-electron chi connectivity index (χ0n) is 17.5. The Bertz CT molecular complexity index is 1150. The second-order valence-electron chi connectivity index (χ2n) is 7.87. The van der Waals surface area contributed by atoms with Crippen LogP contribution in [0.1, 0.15) is 45.9 Å². The number of sulfonamides is 1. The van der Waals surface area contributed by atoms with E-state index >= 15 is 0 Å². The topological polar surface area (TPSA) is 66.5 Å². The average Bonchev–Trinajstić information content (AvgIpc) is 3.35. The standard InChI is InChI=1S/C25H26N2O3S/c1-19-12-14-21(15-13-19)24(20-8-3-2-4-9-20)26-25(28)22-10-7-11-23(18-22)31(29,30)27-16-5-6-17-27/h2-4,7-15,18,24H,5-6,16-17H2,1H3,(H,26,28). The number of carbonyl (C=O) groups is 1. The number of hydrogen-bond acceptors (Lipinski definition) is 3. The van der Waals surface area contributed by atoms with Crippen molar-refractivity contribution in [1.82, 2.24) is 9.62 Å². The quantitative estimate of drug-likeness (QED) is 0.629. The van der Waals surface area contributed by atoms with Crippen molar-refractivity contribution in [2.75, 3.05) is 13.1 Å². The molecule has 0 aliphatic carbocycles. The molecular formula is C25H26N2O3S. The maximum Gasteiger partial charge on any atom is 0.252 e. The van der Waals surface area contributed by atoms with E-state index in [-0.39, 0.29) is 16.8 Å². The maximum atomic E-state index is 13.1. The summed E-state index contributed by atoms with van der Waals surface area (Å²) >= 11 is 0. The van der Waals surface area contributed by atoms with Gasteiger partial charge in [-0.2, -0.15) is 4.31 Å². The van der Waals surface area contributed by atoms with Crippen LogP contribution in [0.25, 0.3) is 0 Å². The number of nitrogens with zero attached hydrogens (tertiary/aromatic N) is 1. The van der Waals surface area contributed by atoms with Crippen molar-refractivity contribution in [2.24, 2.45) is 0 Å². The molecule has 1 aliphatic rings. The number of amides is 1. The van der Waals surface area contributed by atoms with Crippen molar-refractivity contribution in [3.05, 3.63) is 101 Å². The van der Waals surface area contributed by atoms with Crippen LogP contribution >= 0.6 is 0 Å². The fourth-order valence-corrected chi connectivity index (χ4v) is 5.42. The van der Waals surface area contributed by atoms with Gasteiger partial charge in [0.25, 0.3) is 5.91 Å². The minimum Gasteiger partial charge on any atom is -0.341 e. The second-order valence-corrected chi connectivity index (χ2v) is 9.80. The largest absolute Gasteiger partial charge is 0.341 e. The highest BCUT2D eigenvalue weighted by molar-refractivity contribution is 7.89. The first-order chi connectivity index (χ1) is 14.9. The van der Waals surface area contributed by atoms with E-state index in [9.17, 15) is 13.2 Å². The van der Waals surface area contributed by atoms with Crippen molar-refractivity contribution in [2.45, 2.75) is 30.7 Å². The molecule has 0 spiro atoms. The average molecular weight is 435 g/mol. The van der Waals surface area contributed by atoms with E-state index in [0.717, 1.165) is 29.5 Å². The zero-order valence-corrected chi connectivity index (χ0v) is 18.3. The summed E-state index contributed by atoms with van der Waals surface area (Å²) < 4.78 is 27.3. The number of benzene rings is 3. The molecule has 4 rings (SSSR count). The van der Waals surface area contributed by atoms with Crippen LogP contribution in [-0.4, -0.2) is 31.7 Å². The summed E-state index contributed by atoms with van der Waals surface area (Å²) in [4.78, 5) is 13.3. The van der Waals surface area contributed by atoms with Crippen LogP contribution in [0, 0.1) is 6.92 Å². The van der Waals surface area contributed by atoms with Gasteiger partial charge in [0.1, 0.15) is 0 Å². The first-order valence-corrected chi connectivity index (χ1v) is 11.9. The summed E-state index contributed by atoms with van der Waals surface area (Å²) in [5.74, 6) is -0.312. The van der Waals surface area contributed by atoms with Gasteiger partial charge >= 0.3 is 0 Å². The molecular weight excluding hydrogens is 408 g/mol. The van der Waals surface area contributed by atoms with Gasteiger partial charge in [-0.15, -0.1) is 0 Å². The Morgan fingerprint density at radius 3 is 2.19 bits per heavy atom. The van der Waals surface area contributed by atoms with Crippen LogP contribution in [-0.2, 0) is 10.0 Å². The monoisotopic (exact) mass is 434 g/mol. The van der Waals surface area contributed by atoms with E-state index in [4.69, 9.17) is 0 Å². The van der Waals surface area contributed by atoms with Crippen LogP contribution < -0.4 is 5.32 Å². The van der Waals surface area contributed by atoms with Gasteiger partial charge in [-0.3, -0.25) is 4.79 Å². The molecule has 31 heavy (non-hydrogen) atoms. The Balaban J connectivity index is 1.63. The fourth-order valence-electron chi connectivity index (χ4n) is 3.85. The highest BCUT2D eigenvalue weighted by atomic mass is 32.2. The molecule has 3 aromatic rings.